The van der Waals surface area contributed by atoms with E-state index < -0.39 is 9.84 Å². The quantitative estimate of drug-likeness (QED) is 0.702. The van der Waals surface area contributed by atoms with E-state index in [2.05, 4.69) is 9.97 Å². The third kappa shape index (κ3) is 3.00. The van der Waals surface area contributed by atoms with Crippen LogP contribution in [0.15, 0.2) is 36.0 Å². The summed E-state index contributed by atoms with van der Waals surface area (Å²) in [7, 11) is -1.11. The Morgan fingerprint density at radius 2 is 2.00 bits per heavy atom. The highest BCUT2D eigenvalue weighted by Crippen LogP contribution is 2.38. The largest absolute Gasteiger partial charge is 0.355 e. The van der Waals surface area contributed by atoms with Crippen molar-refractivity contribution < 1.29 is 12.8 Å². The second kappa shape index (κ2) is 6.03. The minimum absolute atomic E-state index is 0.0935. The number of thiophene rings is 1. The first-order valence-corrected chi connectivity index (χ1v) is 10.6. The molecule has 2 aromatic heterocycles. The molecule has 0 aliphatic carbocycles. The molecule has 8 heteroatoms. The summed E-state index contributed by atoms with van der Waals surface area (Å²) in [4.78, 5) is 11.5. The number of nitrogens with zero attached hydrogens (tertiary/aromatic N) is 3. The average Bonchev–Trinajstić information content (AvgIpc) is 3.18. The molecule has 3 aromatic rings. The molecule has 1 aliphatic heterocycles. The zero-order valence-corrected chi connectivity index (χ0v) is 15.1. The summed E-state index contributed by atoms with van der Waals surface area (Å²) in [6, 6.07) is 6.22. The maximum atomic E-state index is 13.2. The van der Waals surface area contributed by atoms with Crippen molar-refractivity contribution in [3.8, 4) is 11.1 Å². The Morgan fingerprint density at radius 1 is 1.24 bits per heavy atom. The Balaban J connectivity index is 1.82. The van der Waals surface area contributed by atoms with Crippen LogP contribution in [0, 0.1) is 5.82 Å². The molecule has 0 amide bonds. The number of hydrogen-bond acceptors (Lipinski definition) is 6. The third-order valence-electron chi connectivity index (χ3n) is 4.60. The maximum Gasteiger partial charge on any atom is 0.152 e. The van der Waals surface area contributed by atoms with Crippen molar-refractivity contribution in [3.05, 3.63) is 41.8 Å². The fourth-order valence-electron chi connectivity index (χ4n) is 3.22. The second-order valence-electron chi connectivity index (χ2n) is 6.20. The van der Waals surface area contributed by atoms with Crippen LogP contribution in [0.2, 0.25) is 0 Å². The van der Waals surface area contributed by atoms with Crippen LogP contribution >= 0.6 is 11.3 Å². The predicted molar refractivity (Wildman–Crippen MR) is 98.3 cm³/mol. The van der Waals surface area contributed by atoms with Gasteiger partial charge in [-0.2, -0.15) is 0 Å². The molecule has 3 heterocycles. The predicted octanol–water partition coefficient (Wildman–Crippen LogP) is 3.12. The smallest absolute Gasteiger partial charge is 0.152 e. The lowest BCUT2D eigenvalue weighted by Crippen LogP contribution is -2.33. The monoisotopic (exact) mass is 377 g/mol. The Kier molecular flexibility index (Phi) is 3.96. The normalized spacial score (nSPS) is 19.4. The molecule has 0 N–H and O–H groups in total. The van der Waals surface area contributed by atoms with E-state index in [1.165, 1.54) is 29.8 Å². The van der Waals surface area contributed by atoms with Crippen molar-refractivity contribution in [1.29, 1.82) is 0 Å². The summed E-state index contributed by atoms with van der Waals surface area (Å²) in [5, 5.41) is 2.86. The summed E-state index contributed by atoms with van der Waals surface area (Å²) in [5.41, 5.74) is 1.82. The number of fused-ring (bicyclic) bond motifs is 1. The molecule has 1 aromatic carbocycles. The van der Waals surface area contributed by atoms with Gasteiger partial charge in [0.15, 0.2) is 9.84 Å². The van der Waals surface area contributed by atoms with E-state index in [0.717, 1.165) is 21.3 Å². The molecule has 0 spiro atoms. The fourth-order valence-corrected chi connectivity index (χ4v) is 5.91. The van der Waals surface area contributed by atoms with Crippen LogP contribution in [0.3, 0.4) is 0 Å². The first-order chi connectivity index (χ1) is 11.9. The molecule has 25 heavy (non-hydrogen) atoms. The van der Waals surface area contributed by atoms with Crippen molar-refractivity contribution in [1.82, 2.24) is 9.97 Å². The van der Waals surface area contributed by atoms with E-state index in [0.29, 0.717) is 12.2 Å². The lowest BCUT2D eigenvalue weighted by Gasteiger charge is -2.25. The second-order valence-corrected chi connectivity index (χ2v) is 9.29. The van der Waals surface area contributed by atoms with Crippen LogP contribution in [0.4, 0.5) is 10.2 Å². The highest BCUT2D eigenvalue weighted by molar-refractivity contribution is 7.91. The van der Waals surface area contributed by atoms with E-state index in [1.54, 1.807) is 12.1 Å². The van der Waals surface area contributed by atoms with Crippen molar-refractivity contribution in [2.75, 3.05) is 23.5 Å². The highest BCUT2D eigenvalue weighted by atomic mass is 32.2. The number of sulfone groups is 1. The molecule has 0 unspecified atom stereocenters. The van der Waals surface area contributed by atoms with Gasteiger partial charge in [-0.25, -0.2) is 22.8 Å². The van der Waals surface area contributed by atoms with Gasteiger partial charge in [-0.15, -0.1) is 11.3 Å². The number of hydrogen-bond donors (Lipinski definition) is 0. The summed E-state index contributed by atoms with van der Waals surface area (Å²) in [5.74, 6) is 0.788. The topological polar surface area (TPSA) is 63.2 Å². The minimum atomic E-state index is -2.98. The Labute approximate surface area is 149 Å². The summed E-state index contributed by atoms with van der Waals surface area (Å²) >= 11 is 1.50. The molecule has 1 aliphatic rings. The Hall–Kier alpha value is -2.06. The van der Waals surface area contributed by atoms with Gasteiger partial charge in [0.05, 0.1) is 16.9 Å². The summed E-state index contributed by atoms with van der Waals surface area (Å²) < 4.78 is 36.9. The maximum absolute atomic E-state index is 13.2. The number of rotatable bonds is 3. The molecular formula is C17H16FN3O2S2. The SMILES string of the molecule is CN(c1ncnc2scc(-c3ccc(F)cc3)c12)[C@H]1CCS(=O)(=O)C1. The zero-order valence-electron chi connectivity index (χ0n) is 13.5. The molecule has 0 bridgehead atoms. The van der Waals surface area contributed by atoms with Gasteiger partial charge >= 0.3 is 0 Å². The van der Waals surface area contributed by atoms with Crippen LogP contribution < -0.4 is 4.90 Å². The first-order valence-electron chi connectivity index (χ1n) is 7.86. The van der Waals surface area contributed by atoms with E-state index in [-0.39, 0.29) is 23.4 Å². The Morgan fingerprint density at radius 3 is 2.68 bits per heavy atom. The molecule has 1 saturated heterocycles. The van der Waals surface area contributed by atoms with Crippen LogP contribution in [-0.4, -0.2) is 43.0 Å². The van der Waals surface area contributed by atoms with Crippen LogP contribution in [0.1, 0.15) is 6.42 Å². The molecule has 4 rings (SSSR count). The Bertz CT molecular complexity index is 1030. The van der Waals surface area contributed by atoms with Crippen LogP contribution in [0.5, 0.6) is 0 Å². The van der Waals surface area contributed by atoms with Crippen LogP contribution in [-0.2, 0) is 9.84 Å². The van der Waals surface area contributed by atoms with Crippen molar-refractivity contribution in [3.63, 3.8) is 0 Å². The number of halogens is 1. The molecular weight excluding hydrogens is 361 g/mol. The summed E-state index contributed by atoms with van der Waals surface area (Å²) in [6.07, 6.45) is 2.10. The van der Waals surface area contributed by atoms with Gasteiger partial charge in [-0.3, -0.25) is 0 Å². The van der Waals surface area contributed by atoms with Gasteiger partial charge < -0.3 is 4.90 Å². The molecule has 5 nitrogen and oxygen atoms in total. The van der Waals surface area contributed by atoms with Gasteiger partial charge in [-0.05, 0) is 24.1 Å². The van der Waals surface area contributed by atoms with Crippen molar-refractivity contribution in [2.45, 2.75) is 12.5 Å². The molecule has 0 radical (unpaired) electrons. The molecule has 130 valence electrons. The van der Waals surface area contributed by atoms with E-state index >= 15 is 0 Å². The molecule has 1 fully saturated rings. The van der Waals surface area contributed by atoms with E-state index in [9.17, 15) is 12.8 Å². The standard InChI is InChI=1S/C17H16FN3O2S2/c1-21(13-6-7-25(22,23)9-13)16-15-14(8-24-17(15)20-10-19-16)11-2-4-12(18)5-3-11/h2-5,8,10,13H,6-7,9H2,1H3/t13-/m0/s1. The number of aromatic nitrogens is 2. The minimum Gasteiger partial charge on any atom is -0.355 e. The fraction of sp³-hybridized carbons (Fsp3) is 0.294. The highest BCUT2D eigenvalue weighted by Gasteiger charge is 2.32. The molecule has 1 atom stereocenters. The average molecular weight is 377 g/mol. The van der Waals surface area contributed by atoms with Gasteiger partial charge in [0.2, 0.25) is 0 Å². The third-order valence-corrected chi connectivity index (χ3v) is 7.23. The molecule has 0 saturated carbocycles. The van der Waals surface area contributed by atoms with Gasteiger partial charge in [0.25, 0.3) is 0 Å². The zero-order chi connectivity index (χ0) is 17.6. The van der Waals surface area contributed by atoms with Crippen LogP contribution in [0.25, 0.3) is 21.3 Å². The lowest BCUT2D eigenvalue weighted by molar-refractivity contribution is 0.600. The van der Waals surface area contributed by atoms with Crippen molar-refractivity contribution >= 4 is 37.2 Å². The number of benzene rings is 1. The van der Waals surface area contributed by atoms with Crippen molar-refractivity contribution in [2.24, 2.45) is 0 Å². The lowest BCUT2D eigenvalue weighted by atomic mass is 10.1. The first kappa shape index (κ1) is 16.4. The van der Waals surface area contributed by atoms with Gasteiger partial charge in [-0.1, -0.05) is 12.1 Å². The van der Waals surface area contributed by atoms with Gasteiger partial charge in [0, 0.05) is 24.0 Å². The number of anilines is 1. The summed E-state index contributed by atoms with van der Waals surface area (Å²) in [6.45, 7) is 0. The van der Waals surface area contributed by atoms with Gasteiger partial charge in [0.1, 0.15) is 22.8 Å². The van der Waals surface area contributed by atoms with E-state index in [4.69, 9.17) is 0 Å². The van der Waals surface area contributed by atoms with E-state index in [1.807, 2.05) is 17.3 Å².